The number of ether oxygens (including phenoxy) is 2. The lowest BCUT2D eigenvalue weighted by atomic mass is 9.88. The lowest BCUT2D eigenvalue weighted by molar-refractivity contribution is 0.0932. The van der Waals surface area contributed by atoms with Crippen LogP contribution in [-0.2, 0) is 12.8 Å². The van der Waals surface area contributed by atoms with Gasteiger partial charge < -0.3 is 14.8 Å². The van der Waals surface area contributed by atoms with E-state index in [1.54, 1.807) is 20.3 Å². The predicted octanol–water partition coefficient (Wildman–Crippen LogP) is 3.60. The van der Waals surface area contributed by atoms with Crippen molar-refractivity contribution in [3.05, 3.63) is 56.7 Å². The minimum atomic E-state index is -0.0651. The van der Waals surface area contributed by atoms with Gasteiger partial charge in [-0.1, -0.05) is 24.3 Å². The molecule has 0 spiro atoms. The number of aryl methyl sites for hydroxylation is 1. The molecule has 0 radical (unpaired) electrons. The first-order valence-corrected chi connectivity index (χ1v) is 8.99. The zero-order valence-electron chi connectivity index (χ0n) is 13.8. The molecular formula is C19H20INO3. The molecule has 0 aromatic heterocycles. The highest BCUT2D eigenvalue weighted by molar-refractivity contribution is 14.1. The van der Waals surface area contributed by atoms with E-state index in [2.05, 4.69) is 52.2 Å². The molecule has 1 amide bonds. The maximum Gasteiger partial charge on any atom is 0.252 e. The van der Waals surface area contributed by atoms with Gasteiger partial charge in [-0.15, -0.1) is 0 Å². The first kappa shape index (κ1) is 17.1. The number of fused-ring (bicyclic) bond motifs is 1. The molecule has 1 unspecified atom stereocenters. The molecule has 2 aromatic rings. The highest BCUT2D eigenvalue weighted by Gasteiger charge is 2.22. The molecule has 0 saturated carbocycles. The summed E-state index contributed by atoms with van der Waals surface area (Å²) in [6, 6.07) is 12.2. The van der Waals surface area contributed by atoms with Crippen molar-refractivity contribution in [2.24, 2.45) is 0 Å². The molecule has 5 heteroatoms. The summed E-state index contributed by atoms with van der Waals surface area (Å²) in [6.45, 7) is 0. The van der Waals surface area contributed by atoms with E-state index in [1.165, 1.54) is 11.1 Å². The average Bonchev–Trinajstić information content (AvgIpc) is 2.61. The highest BCUT2D eigenvalue weighted by atomic mass is 127. The summed E-state index contributed by atoms with van der Waals surface area (Å²) < 4.78 is 11.4. The zero-order chi connectivity index (χ0) is 17.1. The summed E-state index contributed by atoms with van der Waals surface area (Å²) in [7, 11) is 3.16. The number of rotatable bonds is 4. The predicted molar refractivity (Wildman–Crippen MR) is 102 cm³/mol. The number of hydrogen-bond acceptors (Lipinski definition) is 3. The van der Waals surface area contributed by atoms with E-state index in [1.807, 2.05) is 6.07 Å². The van der Waals surface area contributed by atoms with E-state index >= 15 is 0 Å². The molecular weight excluding hydrogens is 417 g/mol. The van der Waals surface area contributed by atoms with Crippen LogP contribution in [0, 0.1) is 3.57 Å². The molecule has 126 valence electrons. The first-order valence-electron chi connectivity index (χ1n) is 7.91. The van der Waals surface area contributed by atoms with Crippen molar-refractivity contribution in [1.29, 1.82) is 0 Å². The lowest BCUT2D eigenvalue weighted by Gasteiger charge is -2.25. The van der Waals surface area contributed by atoms with E-state index < -0.39 is 0 Å². The van der Waals surface area contributed by atoms with Crippen molar-refractivity contribution in [3.8, 4) is 11.5 Å². The van der Waals surface area contributed by atoms with Gasteiger partial charge in [0.15, 0.2) is 11.5 Å². The minimum absolute atomic E-state index is 0.0651. The summed E-state index contributed by atoms with van der Waals surface area (Å²) in [5.41, 5.74) is 3.34. The Morgan fingerprint density at radius 3 is 2.50 bits per heavy atom. The molecule has 0 fully saturated rings. The van der Waals surface area contributed by atoms with Crippen LogP contribution in [0.1, 0.15) is 27.9 Å². The standard InChI is InChI=1S/C19H20INO3/c1-23-17-10-15(16(20)11-18(17)24-2)19(22)21-14-8-7-12-5-3-4-6-13(12)9-14/h3-6,10-11,14H,7-9H2,1-2H3,(H,21,22). The molecule has 1 aliphatic carbocycles. The molecule has 4 nitrogen and oxygen atoms in total. The summed E-state index contributed by atoms with van der Waals surface area (Å²) >= 11 is 2.16. The Bertz CT molecular complexity index is 760. The molecule has 1 aliphatic rings. The summed E-state index contributed by atoms with van der Waals surface area (Å²) in [6.07, 6.45) is 2.85. The molecule has 3 rings (SSSR count). The third-order valence-corrected chi connectivity index (χ3v) is 5.29. The molecule has 0 heterocycles. The van der Waals surface area contributed by atoms with Crippen LogP contribution in [0.15, 0.2) is 36.4 Å². The van der Waals surface area contributed by atoms with Gasteiger partial charge in [0.25, 0.3) is 5.91 Å². The second kappa shape index (κ2) is 7.42. The van der Waals surface area contributed by atoms with Gasteiger partial charge in [0, 0.05) is 9.61 Å². The number of benzene rings is 2. The molecule has 1 atom stereocenters. The van der Waals surface area contributed by atoms with Crippen LogP contribution in [0.2, 0.25) is 0 Å². The maximum atomic E-state index is 12.7. The van der Waals surface area contributed by atoms with Crippen LogP contribution in [-0.4, -0.2) is 26.2 Å². The lowest BCUT2D eigenvalue weighted by Crippen LogP contribution is -2.39. The van der Waals surface area contributed by atoms with Crippen LogP contribution in [0.5, 0.6) is 11.5 Å². The number of hydrogen-bond donors (Lipinski definition) is 1. The summed E-state index contributed by atoms with van der Waals surface area (Å²) in [4.78, 5) is 12.7. The number of carbonyl (C=O) groups is 1. The van der Waals surface area contributed by atoms with Crippen molar-refractivity contribution in [2.45, 2.75) is 25.3 Å². The van der Waals surface area contributed by atoms with Gasteiger partial charge in [-0.3, -0.25) is 4.79 Å². The van der Waals surface area contributed by atoms with Gasteiger partial charge in [0.2, 0.25) is 0 Å². The number of nitrogens with one attached hydrogen (secondary N) is 1. The summed E-state index contributed by atoms with van der Waals surface area (Å²) in [5, 5.41) is 3.17. The molecule has 1 N–H and O–H groups in total. The maximum absolute atomic E-state index is 12.7. The average molecular weight is 437 g/mol. The second-order valence-corrected chi connectivity index (χ2v) is 7.03. The van der Waals surface area contributed by atoms with E-state index in [0.717, 1.165) is 22.8 Å². The van der Waals surface area contributed by atoms with Gasteiger partial charge in [0.1, 0.15) is 0 Å². The summed E-state index contributed by atoms with van der Waals surface area (Å²) in [5.74, 6) is 1.13. The van der Waals surface area contributed by atoms with Crippen molar-refractivity contribution < 1.29 is 14.3 Å². The smallest absolute Gasteiger partial charge is 0.252 e. The Morgan fingerprint density at radius 1 is 1.12 bits per heavy atom. The quantitative estimate of drug-likeness (QED) is 0.744. The fourth-order valence-corrected chi connectivity index (χ4v) is 3.80. The second-order valence-electron chi connectivity index (χ2n) is 5.87. The first-order chi connectivity index (χ1) is 11.6. The third-order valence-electron chi connectivity index (χ3n) is 4.40. The van der Waals surface area contributed by atoms with Crippen LogP contribution < -0.4 is 14.8 Å². The Hall–Kier alpha value is -1.76. The Balaban J connectivity index is 1.76. The van der Waals surface area contributed by atoms with Gasteiger partial charge >= 0.3 is 0 Å². The van der Waals surface area contributed by atoms with Crippen LogP contribution in [0.3, 0.4) is 0 Å². The van der Waals surface area contributed by atoms with E-state index in [4.69, 9.17) is 9.47 Å². The molecule has 2 aromatic carbocycles. The Morgan fingerprint density at radius 2 is 1.79 bits per heavy atom. The van der Waals surface area contributed by atoms with Crippen LogP contribution in [0.4, 0.5) is 0 Å². The normalized spacial score (nSPS) is 16.2. The number of amides is 1. The number of carbonyl (C=O) groups excluding carboxylic acids is 1. The van der Waals surface area contributed by atoms with Crippen molar-refractivity contribution >= 4 is 28.5 Å². The van der Waals surface area contributed by atoms with Crippen LogP contribution in [0.25, 0.3) is 0 Å². The van der Waals surface area contributed by atoms with Crippen molar-refractivity contribution in [3.63, 3.8) is 0 Å². The third kappa shape index (κ3) is 3.50. The number of halogens is 1. The van der Waals surface area contributed by atoms with Gasteiger partial charge in [0.05, 0.1) is 19.8 Å². The van der Waals surface area contributed by atoms with E-state index in [-0.39, 0.29) is 11.9 Å². The zero-order valence-corrected chi connectivity index (χ0v) is 15.9. The topological polar surface area (TPSA) is 47.6 Å². The molecule has 0 saturated heterocycles. The van der Waals surface area contributed by atoms with E-state index in [9.17, 15) is 4.79 Å². The van der Waals surface area contributed by atoms with Gasteiger partial charge in [-0.25, -0.2) is 0 Å². The fourth-order valence-electron chi connectivity index (χ4n) is 3.11. The molecule has 0 bridgehead atoms. The highest BCUT2D eigenvalue weighted by Crippen LogP contribution is 2.31. The van der Waals surface area contributed by atoms with Gasteiger partial charge in [-0.05, 0) is 65.1 Å². The molecule has 0 aliphatic heterocycles. The Labute approximate surface area is 155 Å². The number of methoxy groups -OCH3 is 2. The largest absolute Gasteiger partial charge is 0.493 e. The molecule has 24 heavy (non-hydrogen) atoms. The monoisotopic (exact) mass is 437 g/mol. The van der Waals surface area contributed by atoms with Crippen molar-refractivity contribution in [1.82, 2.24) is 5.32 Å². The van der Waals surface area contributed by atoms with Crippen molar-refractivity contribution in [2.75, 3.05) is 14.2 Å². The fraction of sp³-hybridized carbons (Fsp3) is 0.316. The van der Waals surface area contributed by atoms with Gasteiger partial charge in [-0.2, -0.15) is 0 Å². The van der Waals surface area contributed by atoms with E-state index in [0.29, 0.717) is 17.1 Å². The van der Waals surface area contributed by atoms with Crippen LogP contribution >= 0.6 is 22.6 Å². The minimum Gasteiger partial charge on any atom is -0.493 e. The Kier molecular flexibility index (Phi) is 5.28. The SMILES string of the molecule is COc1cc(I)c(C(=O)NC2CCc3ccccc3C2)cc1OC.